The third kappa shape index (κ3) is 4.50. The average Bonchev–Trinajstić information content (AvgIpc) is 2.68. The van der Waals surface area contributed by atoms with Crippen molar-refractivity contribution in [2.45, 2.75) is 10.1 Å². The van der Waals surface area contributed by atoms with E-state index in [9.17, 15) is 4.79 Å². The molecule has 0 aromatic heterocycles. The molecule has 0 N–H and O–H groups in total. The second kappa shape index (κ2) is 8.94. The molecule has 2 aliphatic rings. The summed E-state index contributed by atoms with van der Waals surface area (Å²) >= 11 is 1.67. The van der Waals surface area contributed by atoms with Gasteiger partial charge in [0.25, 0.3) is 0 Å². The van der Waals surface area contributed by atoms with Crippen molar-refractivity contribution >= 4 is 23.4 Å². The molecule has 2 aliphatic heterocycles. The van der Waals surface area contributed by atoms with E-state index < -0.39 is 0 Å². The summed E-state index contributed by atoms with van der Waals surface area (Å²) in [6.45, 7) is 5.35. The summed E-state index contributed by atoms with van der Waals surface area (Å²) < 4.78 is 6.48. The van der Waals surface area contributed by atoms with E-state index in [1.54, 1.807) is 11.8 Å². The van der Waals surface area contributed by atoms with E-state index in [-0.39, 0.29) is 35.1 Å². The smallest absolute Gasteiger partial charge is 0.245 e. The summed E-state index contributed by atoms with van der Waals surface area (Å²) in [6.07, 6.45) is 0. The van der Waals surface area contributed by atoms with Crippen molar-refractivity contribution in [2.24, 2.45) is 0 Å². The average molecular weight is 496 g/mol. The highest BCUT2D eigenvalue weighted by atomic mass is 127. The van der Waals surface area contributed by atoms with Gasteiger partial charge >= 0.3 is 0 Å². The number of thioether (sulfide) groups is 1. The number of anilines is 1. The Hall–Kier alpha value is -1.09. The van der Waals surface area contributed by atoms with Gasteiger partial charge in [-0.2, -0.15) is 0 Å². The van der Waals surface area contributed by atoms with Crippen LogP contribution in [0.5, 0.6) is 0 Å². The fourth-order valence-electron chi connectivity index (χ4n) is 3.64. The monoisotopic (exact) mass is 496 g/mol. The first-order valence-corrected chi connectivity index (χ1v) is 10.1. The third-order valence-corrected chi connectivity index (χ3v) is 6.72. The Labute approximate surface area is 182 Å². The molecule has 4 nitrogen and oxygen atoms in total. The van der Waals surface area contributed by atoms with Crippen molar-refractivity contribution < 1.29 is 38.0 Å². The quantitative estimate of drug-likeness (QED) is 0.452. The molecule has 1 fully saturated rings. The van der Waals surface area contributed by atoms with Crippen molar-refractivity contribution in [3.05, 3.63) is 60.2 Å². The van der Waals surface area contributed by atoms with Crippen LogP contribution >= 0.6 is 11.8 Å². The molecule has 1 saturated heterocycles. The van der Waals surface area contributed by atoms with E-state index in [1.165, 1.54) is 4.90 Å². The van der Waals surface area contributed by atoms with Gasteiger partial charge in [0.15, 0.2) is 0 Å². The Morgan fingerprint density at radius 3 is 2.48 bits per heavy atom. The largest absolute Gasteiger partial charge is 1.00 e. The van der Waals surface area contributed by atoms with Crippen molar-refractivity contribution in [3.8, 4) is 0 Å². The number of quaternary nitrogens is 1. The number of benzene rings is 2. The van der Waals surface area contributed by atoms with Gasteiger partial charge in [-0.25, -0.2) is 0 Å². The summed E-state index contributed by atoms with van der Waals surface area (Å²) in [6, 6.07) is 18.4. The predicted octanol–water partition coefficient (Wildman–Crippen LogP) is 0.347. The Morgan fingerprint density at radius 2 is 1.74 bits per heavy atom. The van der Waals surface area contributed by atoms with E-state index in [0.29, 0.717) is 0 Å². The zero-order chi connectivity index (χ0) is 18.0. The van der Waals surface area contributed by atoms with Crippen LogP contribution < -0.4 is 28.9 Å². The van der Waals surface area contributed by atoms with E-state index in [2.05, 4.69) is 37.4 Å². The Balaban J connectivity index is 0.00000210. The molecule has 1 unspecified atom stereocenters. The molecular formula is C21H25IN2O2S. The number of amides is 1. The highest BCUT2D eigenvalue weighted by molar-refractivity contribution is 8.00. The summed E-state index contributed by atoms with van der Waals surface area (Å²) in [4.78, 5) is 16.5. The van der Waals surface area contributed by atoms with Gasteiger partial charge in [-0.3, -0.25) is 4.79 Å². The summed E-state index contributed by atoms with van der Waals surface area (Å²) in [5, 5.41) is -0.166. The lowest BCUT2D eigenvalue weighted by molar-refractivity contribution is -0.915. The van der Waals surface area contributed by atoms with Crippen LogP contribution in [-0.2, 0) is 9.53 Å². The van der Waals surface area contributed by atoms with E-state index >= 15 is 0 Å². The minimum absolute atomic E-state index is 0. The van der Waals surface area contributed by atoms with E-state index in [0.717, 1.165) is 55.1 Å². The van der Waals surface area contributed by atoms with Crippen molar-refractivity contribution in [2.75, 3.05) is 51.3 Å². The van der Waals surface area contributed by atoms with Gasteiger partial charge < -0.3 is 38.1 Å². The van der Waals surface area contributed by atoms with Gasteiger partial charge in [0.2, 0.25) is 5.91 Å². The van der Waals surface area contributed by atoms with Gasteiger partial charge in [-0.15, -0.1) is 11.8 Å². The van der Waals surface area contributed by atoms with Crippen LogP contribution in [0.2, 0.25) is 0 Å². The Bertz CT molecular complexity index is 781. The maximum Gasteiger partial charge on any atom is 0.245 e. The highest BCUT2D eigenvalue weighted by Crippen LogP contribution is 2.46. The second-order valence-corrected chi connectivity index (χ2v) is 8.42. The molecule has 27 heavy (non-hydrogen) atoms. The molecule has 144 valence electrons. The number of ether oxygens (including phenoxy) is 1. The highest BCUT2D eigenvalue weighted by Gasteiger charge is 2.36. The maximum absolute atomic E-state index is 13.3. The first-order valence-electron chi connectivity index (χ1n) is 9.20. The molecule has 0 saturated carbocycles. The Morgan fingerprint density at radius 1 is 1.07 bits per heavy atom. The fourth-order valence-corrected chi connectivity index (χ4v) is 4.87. The molecule has 0 bridgehead atoms. The van der Waals surface area contributed by atoms with Crippen molar-refractivity contribution in [1.29, 1.82) is 0 Å². The first-order chi connectivity index (χ1) is 12.7. The molecule has 2 aromatic carbocycles. The molecule has 4 rings (SSSR count). The van der Waals surface area contributed by atoms with Crippen molar-refractivity contribution in [1.82, 2.24) is 0 Å². The SMILES string of the molecule is C[N+]1(CCN2C(=O)C(c3ccccc3)Sc3ccccc32)CCOCC1.[I-]. The molecule has 0 spiro atoms. The summed E-state index contributed by atoms with van der Waals surface area (Å²) in [5.74, 6) is 0.194. The number of likely N-dealkylation sites (N-methyl/N-ethyl adjacent to an activating group) is 1. The van der Waals surface area contributed by atoms with E-state index in [1.807, 2.05) is 29.2 Å². The van der Waals surface area contributed by atoms with Crippen LogP contribution in [-0.4, -0.2) is 56.8 Å². The topological polar surface area (TPSA) is 29.5 Å². The number of hydrogen-bond donors (Lipinski definition) is 0. The zero-order valence-corrected chi connectivity index (χ0v) is 18.5. The summed E-state index contributed by atoms with van der Waals surface area (Å²) in [7, 11) is 2.27. The third-order valence-electron chi connectivity index (χ3n) is 5.41. The number of fused-ring (bicyclic) bond motifs is 1. The molecule has 6 heteroatoms. The van der Waals surface area contributed by atoms with Gasteiger partial charge in [-0.05, 0) is 17.7 Å². The lowest BCUT2D eigenvalue weighted by Gasteiger charge is -2.40. The Kier molecular flexibility index (Phi) is 6.83. The van der Waals surface area contributed by atoms with Gasteiger partial charge in [0.1, 0.15) is 18.3 Å². The number of hydrogen-bond acceptors (Lipinski definition) is 3. The minimum atomic E-state index is -0.166. The van der Waals surface area contributed by atoms with Gasteiger partial charge in [-0.1, -0.05) is 42.5 Å². The van der Waals surface area contributed by atoms with Gasteiger partial charge in [0.05, 0.1) is 39.0 Å². The van der Waals surface area contributed by atoms with Crippen LogP contribution in [0, 0.1) is 0 Å². The molecule has 1 atom stereocenters. The van der Waals surface area contributed by atoms with E-state index in [4.69, 9.17) is 4.74 Å². The standard InChI is InChI=1S/C21H25N2O2S.HI/c1-23(13-15-25-16-14-23)12-11-22-18-9-5-6-10-19(18)26-20(21(22)24)17-7-3-2-4-8-17;/h2-10,20H,11-16H2,1H3;1H/q+1;/p-1. The molecule has 2 heterocycles. The number of nitrogens with zero attached hydrogens (tertiary/aromatic N) is 2. The number of carbonyl (C=O) groups is 1. The number of rotatable bonds is 4. The van der Waals surface area contributed by atoms with Crippen LogP contribution in [0.15, 0.2) is 59.5 Å². The number of carbonyl (C=O) groups excluding carboxylic acids is 1. The lowest BCUT2D eigenvalue weighted by Crippen LogP contribution is -3.00. The van der Waals surface area contributed by atoms with Gasteiger partial charge in [0, 0.05) is 4.90 Å². The second-order valence-electron chi connectivity index (χ2n) is 7.27. The fraction of sp³-hybridized carbons (Fsp3) is 0.381. The van der Waals surface area contributed by atoms with Crippen LogP contribution in [0.1, 0.15) is 10.8 Å². The first kappa shape index (κ1) is 20.6. The number of para-hydroxylation sites is 1. The zero-order valence-electron chi connectivity index (χ0n) is 15.5. The maximum atomic E-state index is 13.3. The minimum Gasteiger partial charge on any atom is -1.00 e. The normalized spacial score (nSPS) is 21.3. The molecule has 2 aromatic rings. The van der Waals surface area contributed by atoms with Crippen LogP contribution in [0.4, 0.5) is 5.69 Å². The van der Waals surface area contributed by atoms with Crippen LogP contribution in [0.3, 0.4) is 0 Å². The van der Waals surface area contributed by atoms with Crippen LogP contribution in [0.25, 0.3) is 0 Å². The molecule has 1 amide bonds. The molecular weight excluding hydrogens is 471 g/mol. The number of halogens is 1. The van der Waals surface area contributed by atoms with Crippen molar-refractivity contribution in [3.63, 3.8) is 0 Å². The summed E-state index contributed by atoms with van der Waals surface area (Å²) in [5.41, 5.74) is 2.13. The lowest BCUT2D eigenvalue weighted by atomic mass is 10.1. The molecule has 0 radical (unpaired) electrons. The molecule has 0 aliphatic carbocycles. The predicted molar refractivity (Wildman–Crippen MR) is 105 cm³/mol. The number of morpholine rings is 1.